The third kappa shape index (κ3) is 3.18. The van der Waals surface area contributed by atoms with E-state index in [0.29, 0.717) is 12.3 Å². The van der Waals surface area contributed by atoms with Crippen molar-refractivity contribution in [3.63, 3.8) is 0 Å². The molecule has 2 aromatic rings. The number of carbonyl (C=O) groups is 1. The Hall–Kier alpha value is -2.39. The number of aliphatic hydroxyl groups is 1. The van der Waals surface area contributed by atoms with E-state index in [1.165, 1.54) is 11.1 Å². The molecular formula is C25H28O3. The second-order valence-electron chi connectivity index (χ2n) is 8.53. The van der Waals surface area contributed by atoms with E-state index in [1.807, 2.05) is 25.1 Å². The maximum atomic E-state index is 12.3. The molecule has 1 saturated heterocycles. The summed E-state index contributed by atoms with van der Waals surface area (Å²) in [5, 5.41) is 11.1. The number of esters is 1. The van der Waals surface area contributed by atoms with Crippen LogP contribution in [0.1, 0.15) is 32.8 Å². The number of cyclic esters (lactones) is 1. The van der Waals surface area contributed by atoms with Crippen LogP contribution >= 0.6 is 0 Å². The fourth-order valence-electron chi connectivity index (χ4n) is 5.04. The predicted octanol–water partition coefficient (Wildman–Crippen LogP) is 4.95. The highest BCUT2D eigenvalue weighted by molar-refractivity contribution is 5.82. The van der Waals surface area contributed by atoms with Gasteiger partial charge in [-0.15, -0.1) is 0 Å². The summed E-state index contributed by atoms with van der Waals surface area (Å²) in [5.41, 5.74) is 2.16. The quantitative estimate of drug-likeness (QED) is 0.771. The topological polar surface area (TPSA) is 46.5 Å². The smallest absolute Gasteiger partial charge is 0.338 e. The summed E-state index contributed by atoms with van der Waals surface area (Å²) >= 11 is 0. The molecule has 2 aliphatic rings. The summed E-state index contributed by atoms with van der Waals surface area (Å²) in [4.78, 5) is 12.3. The standard InChI is InChI=1S/C25H28O3/c1-16-15-25(27)23(18(3)28-24(25)26)22(17(16)2)14-11-19-9-12-21(13-10-19)20-7-5-4-6-8-20/h4-14,16-18,22-23,27H,15H2,1-3H3/b14-11+/t16-,17+,18+,22-,23-,25-/m0/s1. The van der Waals surface area contributed by atoms with Crippen LogP contribution in [-0.2, 0) is 9.53 Å². The number of allylic oxidation sites excluding steroid dienone is 1. The van der Waals surface area contributed by atoms with Crippen molar-refractivity contribution in [2.75, 3.05) is 0 Å². The highest BCUT2D eigenvalue weighted by Gasteiger charge is 2.61. The van der Waals surface area contributed by atoms with Crippen LogP contribution in [-0.4, -0.2) is 22.8 Å². The first-order chi connectivity index (χ1) is 13.4. The molecule has 1 aliphatic carbocycles. The number of hydrogen-bond donors (Lipinski definition) is 1. The average molecular weight is 376 g/mol. The molecule has 3 nitrogen and oxygen atoms in total. The van der Waals surface area contributed by atoms with E-state index in [0.717, 1.165) is 5.56 Å². The second-order valence-corrected chi connectivity index (χ2v) is 8.53. The van der Waals surface area contributed by atoms with Gasteiger partial charge in [0.15, 0.2) is 5.60 Å². The van der Waals surface area contributed by atoms with E-state index in [4.69, 9.17) is 4.74 Å². The van der Waals surface area contributed by atoms with Crippen LogP contribution in [0.5, 0.6) is 0 Å². The van der Waals surface area contributed by atoms with Gasteiger partial charge in [0.2, 0.25) is 0 Å². The maximum absolute atomic E-state index is 12.3. The fraction of sp³-hybridized carbons (Fsp3) is 0.400. The summed E-state index contributed by atoms with van der Waals surface area (Å²) in [7, 11) is 0. The van der Waals surface area contributed by atoms with Crippen molar-refractivity contribution in [3.05, 3.63) is 66.2 Å². The molecule has 0 bridgehead atoms. The lowest BCUT2D eigenvalue weighted by Gasteiger charge is -2.44. The predicted molar refractivity (Wildman–Crippen MR) is 111 cm³/mol. The van der Waals surface area contributed by atoms with E-state index in [9.17, 15) is 9.90 Å². The van der Waals surface area contributed by atoms with Crippen molar-refractivity contribution in [2.45, 2.75) is 38.9 Å². The van der Waals surface area contributed by atoms with Crippen molar-refractivity contribution in [1.29, 1.82) is 0 Å². The van der Waals surface area contributed by atoms with E-state index < -0.39 is 11.6 Å². The number of fused-ring (bicyclic) bond motifs is 1. The highest BCUT2D eigenvalue weighted by atomic mass is 16.6. The minimum atomic E-state index is -1.35. The molecule has 0 radical (unpaired) electrons. The number of carbonyl (C=O) groups excluding carboxylic acids is 1. The molecule has 1 aliphatic heterocycles. The molecule has 0 aromatic heterocycles. The zero-order chi connectivity index (χ0) is 19.9. The van der Waals surface area contributed by atoms with Crippen molar-refractivity contribution in [3.8, 4) is 11.1 Å². The SMILES string of the molecule is C[C@H]1[C@H](/C=C/c2ccc(-c3ccccc3)cc2)[C@@H]2[C@@H](C)OC(=O)[C@]2(O)C[C@@H]1C. The fourth-order valence-corrected chi connectivity index (χ4v) is 5.04. The molecule has 28 heavy (non-hydrogen) atoms. The lowest BCUT2D eigenvalue weighted by molar-refractivity contribution is -0.160. The minimum absolute atomic E-state index is 0.101. The number of hydrogen-bond acceptors (Lipinski definition) is 3. The maximum Gasteiger partial charge on any atom is 0.338 e. The first-order valence-electron chi connectivity index (χ1n) is 10.2. The normalized spacial score (nSPS) is 35.0. The molecule has 4 rings (SSSR count). The van der Waals surface area contributed by atoms with E-state index in [2.05, 4.69) is 62.4 Å². The largest absolute Gasteiger partial charge is 0.460 e. The van der Waals surface area contributed by atoms with Gasteiger partial charge in [-0.1, -0.05) is 80.6 Å². The third-order valence-electron chi connectivity index (χ3n) is 6.78. The Labute approximate surface area is 167 Å². The number of rotatable bonds is 3. The first-order valence-corrected chi connectivity index (χ1v) is 10.2. The average Bonchev–Trinajstić information content (AvgIpc) is 2.92. The Morgan fingerprint density at radius 2 is 1.64 bits per heavy atom. The van der Waals surface area contributed by atoms with Gasteiger partial charge < -0.3 is 9.84 Å². The van der Waals surface area contributed by atoms with Gasteiger partial charge in [0.1, 0.15) is 6.10 Å². The number of ether oxygens (including phenoxy) is 1. The van der Waals surface area contributed by atoms with Crippen molar-refractivity contribution in [2.24, 2.45) is 23.7 Å². The molecule has 0 unspecified atom stereocenters. The molecule has 6 atom stereocenters. The van der Waals surface area contributed by atoms with E-state index in [-0.39, 0.29) is 23.9 Å². The first kappa shape index (κ1) is 18.9. The lowest BCUT2D eigenvalue weighted by Crippen LogP contribution is -2.52. The summed E-state index contributed by atoms with van der Waals surface area (Å²) in [6.45, 7) is 6.23. The monoisotopic (exact) mass is 376 g/mol. The number of benzene rings is 2. The molecular weight excluding hydrogens is 348 g/mol. The van der Waals surface area contributed by atoms with Gasteiger partial charge in [-0.3, -0.25) is 0 Å². The molecule has 1 N–H and O–H groups in total. The molecule has 0 amide bonds. The van der Waals surface area contributed by atoms with Crippen LogP contribution in [0, 0.1) is 23.7 Å². The Morgan fingerprint density at radius 1 is 1.00 bits per heavy atom. The summed E-state index contributed by atoms with van der Waals surface area (Å²) in [6, 6.07) is 18.8. The van der Waals surface area contributed by atoms with Crippen LogP contribution in [0.4, 0.5) is 0 Å². The zero-order valence-electron chi connectivity index (χ0n) is 16.7. The van der Waals surface area contributed by atoms with Gasteiger partial charge in [0.05, 0.1) is 0 Å². The van der Waals surface area contributed by atoms with Gasteiger partial charge >= 0.3 is 5.97 Å². The van der Waals surface area contributed by atoms with Crippen LogP contribution < -0.4 is 0 Å². The Balaban J connectivity index is 1.58. The summed E-state index contributed by atoms with van der Waals surface area (Å²) in [6.07, 6.45) is 4.51. The molecule has 0 spiro atoms. The van der Waals surface area contributed by atoms with Crippen LogP contribution in [0.2, 0.25) is 0 Å². The van der Waals surface area contributed by atoms with Crippen LogP contribution in [0.15, 0.2) is 60.7 Å². The summed E-state index contributed by atoms with van der Waals surface area (Å²) < 4.78 is 5.43. The van der Waals surface area contributed by atoms with Crippen molar-refractivity contribution < 1.29 is 14.6 Å². The third-order valence-corrected chi connectivity index (χ3v) is 6.78. The highest BCUT2D eigenvalue weighted by Crippen LogP contribution is 2.51. The second kappa shape index (κ2) is 7.21. The van der Waals surface area contributed by atoms with Gasteiger partial charge in [-0.25, -0.2) is 4.79 Å². The lowest BCUT2D eigenvalue weighted by atomic mass is 9.60. The molecule has 1 heterocycles. The van der Waals surface area contributed by atoms with E-state index >= 15 is 0 Å². The summed E-state index contributed by atoms with van der Waals surface area (Å²) in [5.74, 6) is 0.0979. The minimum Gasteiger partial charge on any atom is -0.460 e. The Kier molecular flexibility index (Phi) is 4.88. The van der Waals surface area contributed by atoms with Gasteiger partial charge in [-0.05, 0) is 47.8 Å². The Bertz CT molecular complexity index is 870. The van der Waals surface area contributed by atoms with Gasteiger partial charge in [-0.2, -0.15) is 0 Å². The molecule has 3 heteroatoms. The Morgan fingerprint density at radius 3 is 2.32 bits per heavy atom. The van der Waals surface area contributed by atoms with Crippen LogP contribution in [0.25, 0.3) is 17.2 Å². The van der Waals surface area contributed by atoms with E-state index in [1.54, 1.807) is 0 Å². The van der Waals surface area contributed by atoms with Crippen molar-refractivity contribution in [1.82, 2.24) is 0 Å². The van der Waals surface area contributed by atoms with Gasteiger partial charge in [0, 0.05) is 5.92 Å². The molecule has 2 fully saturated rings. The zero-order valence-corrected chi connectivity index (χ0v) is 16.7. The van der Waals surface area contributed by atoms with Crippen molar-refractivity contribution >= 4 is 12.0 Å². The van der Waals surface area contributed by atoms with Crippen LogP contribution in [0.3, 0.4) is 0 Å². The van der Waals surface area contributed by atoms with Gasteiger partial charge in [0.25, 0.3) is 0 Å². The molecule has 2 aromatic carbocycles. The molecule has 1 saturated carbocycles. The molecule has 146 valence electrons.